The van der Waals surface area contributed by atoms with Crippen LogP contribution in [0.3, 0.4) is 0 Å². The topological polar surface area (TPSA) is 41.5 Å². The minimum Gasteiger partial charge on any atom is -0.491 e. The van der Waals surface area contributed by atoms with Gasteiger partial charge in [-0.15, -0.1) is 12.4 Å². The van der Waals surface area contributed by atoms with Gasteiger partial charge in [-0.25, -0.2) is 0 Å². The highest BCUT2D eigenvalue weighted by molar-refractivity contribution is 5.85. The number of aliphatic hydroxyl groups excluding tert-OH is 1. The fourth-order valence-corrected chi connectivity index (χ4v) is 4.26. The van der Waals surface area contributed by atoms with Gasteiger partial charge in [-0.05, 0) is 42.6 Å². The largest absolute Gasteiger partial charge is 0.491 e. The Morgan fingerprint density at radius 2 is 1.71 bits per heavy atom. The van der Waals surface area contributed by atoms with Gasteiger partial charge in [-0.1, -0.05) is 36.4 Å². The van der Waals surface area contributed by atoms with Crippen LogP contribution in [0.2, 0.25) is 0 Å². The highest BCUT2D eigenvalue weighted by Crippen LogP contribution is 2.55. The van der Waals surface area contributed by atoms with E-state index in [0.29, 0.717) is 25.0 Å². The standard InChI is InChI=1S/C20H23NO2.ClH/c1-21-11-13(22)12-23-19-8-4-7-17-16-9-10-18(20(17)19)15-6-3-2-5-14(15)16;/h2-8,13,16,18,21-22H,9-12H2,1H3;1H. The van der Waals surface area contributed by atoms with Crippen LogP contribution in [0.25, 0.3) is 0 Å². The van der Waals surface area contributed by atoms with Crippen molar-refractivity contribution in [3.63, 3.8) is 0 Å². The molecule has 0 heterocycles. The zero-order valence-corrected chi connectivity index (χ0v) is 14.7. The zero-order chi connectivity index (χ0) is 15.8. The quantitative estimate of drug-likeness (QED) is 0.872. The molecule has 0 saturated heterocycles. The van der Waals surface area contributed by atoms with Crippen LogP contribution in [-0.2, 0) is 0 Å². The number of aliphatic hydroxyl groups is 1. The van der Waals surface area contributed by atoms with Crippen molar-refractivity contribution in [1.82, 2.24) is 5.32 Å². The monoisotopic (exact) mass is 345 g/mol. The van der Waals surface area contributed by atoms with Gasteiger partial charge in [0.25, 0.3) is 0 Å². The summed E-state index contributed by atoms with van der Waals surface area (Å²) in [5.74, 6) is 1.88. The first-order chi connectivity index (χ1) is 11.3. The summed E-state index contributed by atoms with van der Waals surface area (Å²) in [7, 11) is 1.84. The maximum absolute atomic E-state index is 9.92. The molecule has 0 saturated carbocycles. The lowest BCUT2D eigenvalue weighted by molar-refractivity contribution is 0.107. The molecule has 0 spiro atoms. The molecular formula is C20H24ClNO2. The van der Waals surface area contributed by atoms with Crippen molar-refractivity contribution in [1.29, 1.82) is 0 Å². The summed E-state index contributed by atoms with van der Waals surface area (Å²) < 4.78 is 6.00. The Labute approximate surface area is 149 Å². The molecule has 0 aliphatic heterocycles. The predicted molar refractivity (Wildman–Crippen MR) is 98.5 cm³/mol. The Kier molecular flexibility index (Phi) is 5.14. The van der Waals surface area contributed by atoms with E-state index in [1.165, 1.54) is 35.1 Å². The molecule has 3 nitrogen and oxygen atoms in total. The van der Waals surface area contributed by atoms with Gasteiger partial charge < -0.3 is 15.2 Å². The van der Waals surface area contributed by atoms with Crippen LogP contribution in [0, 0.1) is 0 Å². The van der Waals surface area contributed by atoms with E-state index in [4.69, 9.17) is 4.74 Å². The molecule has 2 bridgehead atoms. The van der Waals surface area contributed by atoms with Crippen LogP contribution in [0.4, 0.5) is 0 Å². The average Bonchev–Trinajstić information content (AvgIpc) is 2.60. The average molecular weight is 346 g/mol. The van der Waals surface area contributed by atoms with Crippen molar-refractivity contribution < 1.29 is 9.84 Å². The number of rotatable bonds is 5. The molecule has 2 N–H and O–H groups in total. The molecule has 0 fully saturated rings. The van der Waals surface area contributed by atoms with E-state index in [1.54, 1.807) is 0 Å². The third-order valence-corrected chi connectivity index (χ3v) is 5.19. The highest BCUT2D eigenvalue weighted by atomic mass is 35.5. The molecule has 3 aliphatic rings. The number of halogens is 1. The van der Waals surface area contributed by atoms with Crippen molar-refractivity contribution in [2.75, 3.05) is 20.2 Å². The van der Waals surface area contributed by atoms with Crippen LogP contribution < -0.4 is 10.1 Å². The Morgan fingerprint density at radius 1 is 1.04 bits per heavy atom. The predicted octanol–water partition coefficient (Wildman–Crippen LogP) is 3.44. The Bertz CT molecular complexity index is 719. The van der Waals surface area contributed by atoms with Crippen molar-refractivity contribution in [2.45, 2.75) is 30.8 Å². The second kappa shape index (κ2) is 7.14. The summed E-state index contributed by atoms with van der Waals surface area (Å²) in [5.41, 5.74) is 5.71. The number of benzene rings is 2. The van der Waals surface area contributed by atoms with Crippen LogP contribution >= 0.6 is 12.4 Å². The van der Waals surface area contributed by atoms with E-state index in [-0.39, 0.29) is 12.4 Å². The third kappa shape index (κ3) is 2.81. The summed E-state index contributed by atoms with van der Waals surface area (Å²) in [6, 6.07) is 15.2. The number of hydrogen-bond donors (Lipinski definition) is 2. The maximum Gasteiger partial charge on any atom is 0.123 e. The van der Waals surface area contributed by atoms with E-state index in [9.17, 15) is 5.11 Å². The van der Waals surface area contributed by atoms with E-state index in [0.717, 1.165) is 5.75 Å². The molecule has 0 aromatic heterocycles. The van der Waals surface area contributed by atoms with E-state index in [2.05, 4.69) is 41.7 Å². The highest BCUT2D eigenvalue weighted by Gasteiger charge is 2.38. The molecule has 2 aromatic rings. The van der Waals surface area contributed by atoms with Gasteiger partial charge in [-0.2, -0.15) is 0 Å². The fourth-order valence-electron chi connectivity index (χ4n) is 4.26. The van der Waals surface area contributed by atoms with Gasteiger partial charge in [0, 0.05) is 23.9 Å². The van der Waals surface area contributed by atoms with Crippen molar-refractivity contribution in [3.8, 4) is 5.75 Å². The Hall–Kier alpha value is -1.55. The molecule has 4 heteroatoms. The van der Waals surface area contributed by atoms with Gasteiger partial charge in [0.1, 0.15) is 18.5 Å². The van der Waals surface area contributed by atoms with Crippen molar-refractivity contribution in [3.05, 3.63) is 64.7 Å². The molecular weight excluding hydrogens is 322 g/mol. The van der Waals surface area contributed by atoms with E-state index in [1.807, 2.05) is 13.1 Å². The molecule has 3 atom stereocenters. The summed E-state index contributed by atoms with van der Waals surface area (Å²) in [6.45, 7) is 0.875. The Morgan fingerprint density at radius 3 is 2.46 bits per heavy atom. The fraction of sp³-hybridized carbons (Fsp3) is 0.400. The lowest BCUT2D eigenvalue weighted by Gasteiger charge is -2.41. The number of nitrogens with one attached hydrogen (secondary N) is 1. The smallest absolute Gasteiger partial charge is 0.123 e. The van der Waals surface area contributed by atoms with Crippen LogP contribution in [0.5, 0.6) is 5.75 Å². The SMILES string of the molecule is CNCC(O)COc1cccc2c1C1CCC2c2ccccc21.Cl. The van der Waals surface area contributed by atoms with Gasteiger partial charge in [0.15, 0.2) is 0 Å². The first kappa shape index (κ1) is 17.3. The minimum atomic E-state index is -0.482. The molecule has 2 aromatic carbocycles. The van der Waals surface area contributed by atoms with Crippen LogP contribution in [-0.4, -0.2) is 31.4 Å². The summed E-state index contributed by atoms with van der Waals surface area (Å²) in [4.78, 5) is 0. The van der Waals surface area contributed by atoms with Crippen molar-refractivity contribution >= 4 is 12.4 Å². The normalized spacial score (nSPS) is 21.4. The number of fused-ring (bicyclic) bond motifs is 1. The molecule has 5 rings (SSSR count). The minimum absolute atomic E-state index is 0. The zero-order valence-electron chi connectivity index (χ0n) is 13.9. The third-order valence-electron chi connectivity index (χ3n) is 5.19. The molecule has 3 aliphatic carbocycles. The van der Waals surface area contributed by atoms with Gasteiger partial charge in [0.05, 0.1) is 0 Å². The number of likely N-dealkylation sites (N-methyl/N-ethyl adjacent to an activating group) is 1. The molecule has 3 unspecified atom stereocenters. The van der Waals surface area contributed by atoms with Gasteiger partial charge >= 0.3 is 0 Å². The summed E-state index contributed by atoms with van der Waals surface area (Å²) in [5, 5.41) is 12.9. The summed E-state index contributed by atoms with van der Waals surface area (Å²) >= 11 is 0. The van der Waals surface area contributed by atoms with E-state index >= 15 is 0 Å². The van der Waals surface area contributed by atoms with Crippen LogP contribution in [0.1, 0.15) is 46.9 Å². The number of ether oxygens (including phenoxy) is 1. The van der Waals surface area contributed by atoms with Gasteiger partial charge in [-0.3, -0.25) is 0 Å². The Balaban J connectivity index is 0.00000169. The van der Waals surface area contributed by atoms with Crippen LogP contribution in [0.15, 0.2) is 42.5 Å². The number of hydrogen-bond acceptors (Lipinski definition) is 3. The lowest BCUT2D eigenvalue weighted by Crippen LogP contribution is -2.30. The molecule has 24 heavy (non-hydrogen) atoms. The molecule has 0 amide bonds. The summed E-state index contributed by atoms with van der Waals surface area (Å²) in [6.07, 6.45) is 1.93. The molecule has 0 radical (unpaired) electrons. The first-order valence-electron chi connectivity index (χ1n) is 8.46. The first-order valence-corrected chi connectivity index (χ1v) is 8.46. The lowest BCUT2D eigenvalue weighted by atomic mass is 9.63. The maximum atomic E-state index is 9.92. The van der Waals surface area contributed by atoms with E-state index < -0.39 is 6.10 Å². The second-order valence-corrected chi connectivity index (χ2v) is 6.59. The molecule has 128 valence electrons. The van der Waals surface area contributed by atoms with Crippen molar-refractivity contribution in [2.24, 2.45) is 0 Å². The van der Waals surface area contributed by atoms with Gasteiger partial charge in [0.2, 0.25) is 0 Å². The second-order valence-electron chi connectivity index (χ2n) is 6.59.